The molecule has 0 aliphatic carbocycles. The van der Waals surface area contributed by atoms with Crippen LogP contribution in [0.3, 0.4) is 0 Å². The number of nitrogens with one attached hydrogen (secondary N) is 2. The standard InChI is InChI=1S/C33H40N4O6S/c1-36(25-10-14-27(42-3)15-11-25)32(40)23-34-30(38)18-20-44-21-19-31(39)35-29(22-24-8-6-5-7-9-24)33(41)37(2)26-12-16-28(43-4)17-13-26/h5-17,29H,18-23H2,1-4H3,(H,34,38)(H,35,39)/t29-/m0/s1. The number of rotatable bonds is 16. The number of likely N-dealkylation sites (N-methyl/N-ethyl adjacent to an activating group) is 2. The fourth-order valence-electron chi connectivity index (χ4n) is 4.25. The maximum atomic E-state index is 13.4. The number of hydrogen-bond acceptors (Lipinski definition) is 7. The van der Waals surface area contributed by atoms with Gasteiger partial charge < -0.3 is 29.9 Å². The van der Waals surface area contributed by atoms with Gasteiger partial charge >= 0.3 is 0 Å². The lowest BCUT2D eigenvalue weighted by molar-refractivity contribution is -0.127. The van der Waals surface area contributed by atoms with Crippen LogP contribution in [0.1, 0.15) is 18.4 Å². The number of anilines is 2. The summed E-state index contributed by atoms with van der Waals surface area (Å²) in [5, 5.41) is 5.56. The van der Waals surface area contributed by atoms with E-state index >= 15 is 0 Å². The molecule has 4 amide bonds. The molecule has 0 spiro atoms. The van der Waals surface area contributed by atoms with Gasteiger partial charge in [0.2, 0.25) is 23.6 Å². The summed E-state index contributed by atoms with van der Waals surface area (Å²) in [7, 11) is 6.48. The molecular formula is C33H40N4O6S. The second-order valence-electron chi connectivity index (χ2n) is 9.94. The second kappa shape index (κ2) is 17.6. The molecule has 0 bridgehead atoms. The molecular weight excluding hydrogens is 580 g/mol. The summed E-state index contributed by atoms with van der Waals surface area (Å²) >= 11 is 1.46. The molecule has 0 aliphatic heterocycles. The molecule has 0 unspecified atom stereocenters. The molecule has 0 fully saturated rings. The van der Waals surface area contributed by atoms with Gasteiger partial charge in [0.25, 0.3) is 0 Å². The minimum Gasteiger partial charge on any atom is -0.497 e. The first kappa shape index (κ1) is 34.0. The predicted molar refractivity (Wildman–Crippen MR) is 174 cm³/mol. The Morgan fingerprint density at radius 3 is 1.80 bits per heavy atom. The maximum Gasteiger partial charge on any atom is 0.249 e. The molecule has 11 heteroatoms. The summed E-state index contributed by atoms with van der Waals surface area (Å²) in [6, 6.07) is 23.0. The Hall–Kier alpha value is -4.51. The lowest BCUT2D eigenvalue weighted by Gasteiger charge is -2.25. The Kier molecular flexibility index (Phi) is 13.6. The SMILES string of the molecule is COc1ccc(N(C)C(=O)CNC(=O)CCSCCC(=O)N[C@@H](Cc2ccccc2)C(=O)N(C)c2ccc(OC)cc2)cc1. The van der Waals surface area contributed by atoms with Crippen molar-refractivity contribution in [1.29, 1.82) is 0 Å². The zero-order valence-corrected chi connectivity index (χ0v) is 26.4. The van der Waals surface area contributed by atoms with Gasteiger partial charge in [-0.2, -0.15) is 11.8 Å². The monoisotopic (exact) mass is 620 g/mol. The number of hydrogen-bond donors (Lipinski definition) is 2. The van der Waals surface area contributed by atoms with Gasteiger partial charge in [0.15, 0.2) is 0 Å². The molecule has 3 rings (SSSR count). The smallest absolute Gasteiger partial charge is 0.249 e. The van der Waals surface area contributed by atoms with Crippen molar-refractivity contribution in [3.63, 3.8) is 0 Å². The topological polar surface area (TPSA) is 117 Å². The van der Waals surface area contributed by atoms with Gasteiger partial charge in [-0.3, -0.25) is 19.2 Å². The third-order valence-electron chi connectivity index (χ3n) is 6.92. The van der Waals surface area contributed by atoms with Crippen molar-refractivity contribution in [2.45, 2.75) is 25.3 Å². The highest BCUT2D eigenvalue weighted by molar-refractivity contribution is 7.99. The zero-order chi connectivity index (χ0) is 31.9. The molecule has 1 atom stereocenters. The van der Waals surface area contributed by atoms with Crippen molar-refractivity contribution in [2.24, 2.45) is 0 Å². The molecule has 0 saturated carbocycles. The van der Waals surface area contributed by atoms with E-state index in [1.807, 2.05) is 30.3 Å². The van der Waals surface area contributed by atoms with Crippen LogP contribution in [0.2, 0.25) is 0 Å². The van der Waals surface area contributed by atoms with Crippen molar-refractivity contribution >= 4 is 46.8 Å². The Balaban J connectivity index is 1.42. The number of methoxy groups -OCH3 is 2. The van der Waals surface area contributed by atoms with Crippen molar-refractivity contribution in [1.82, 2.24) is 10.6 Å². The maximum absolute atomic E-state index is 13.4. The van der Waals surface area contributed by atoms with Crippen LogP contribution in [0.5, 0.6) is 11.5 Å². The molecule has 0 heterocycles. The van der Waals surface area contributed by atoms with Crippen LogP contribution in [-0.4, -0.2) is 76.0 Å². The first-order chi connectivity index (χ1) is 21.2. The lowest BCUT2D eigenvalue weighted by atomic mass is 10.0. The van der Waals surface area contributed by atoms with Crippen LogP contribution >= 0.6 is 11.8 Å². The van der Waals surface area contributed by atoms with E-state index in [0.29, 0.717) is 40.8 Å². The first-order valence-electron chi connectivity index (χ1n) is 14.2. The highest BCUT2D eigenvalue weighted by Gasteiger charge is 2.25. The molecule has 234 valence electrons. The fourth-order valence-corrected chi connectivity index (χ4v) is 5.11. The van der Waals surface area contributed by atoms with E-state index in [-0.39, 0.29) is 43.0 Å². The summed E-state index contributed by atoms with van der Waals surface area (Å²) < 4.78 is 10.3. The first-order valence-corrected chi connectivity index (χ1v) is 15.4. The number of amides is 4. The minimum atomic E-state index is -0.749. The van der Waals surface area contributed by atoms with Gasteiger partial charge in [-0.15, -0.1) is 0 Å². The molecule has 10 nitrogen and oxygen atoms in total. The summed E-state index contributed by atoms with van der Waals surface area (Å²) in [5.74, 6) is 1.39. The quantitative estimate of drug-likeness (QED) is 0.235. The van der Waals surface area contributed by atoms with Gasteiger partial charge in [-0.25, -0.2) is 0 Å². The highest BCUT2D eigenvalue weighted by Crippen LogP contribution is 2.20. The molecule has 0 aliphatic rings. The number of ether oxygens (including phenoxy) is 2. The summed E-state index contributed by atoms with van der Waals surface area (Å²) in [6.07, 6.45) is 0.765. The van der Waals surface area contributed by atoms with Crippen molar-refractivity contribution < 1.29 is 28.7 Å². The molecule has 0 aromatic heterocycles. The minimum absolute atomic E-state index is 0.115. The van der Waals surface area contributed by atoms with Crippen molar-refractivity contribution in [3.8, 4) is 11.5 Å². The molecule has 44 heavy (non-hydrogen) atoms. The second-order valence-corrected chi connectivity index (χ2v) is 11.2. The fraction of sp³-hybridized carbons (Fsp3) is 0.333. The molecule has 3 aromatic carbocycles. The molecule has 2 N–H and O–H groups in total. The van der Waals surface area contributed by atoms with E-state index in [1.165, 1.54) is 21.6 Å². The third-order valence-corrected chi connectivity index (χ3v) is 7.91. The van der Waals surface area contributed by atoms with E-state index in [2.05, 4.69) is 10.6 Å². The van der Waals surface area contributed by atoms with E-state index in [4.69, 9.17) is 9.47 Å². The zero-order valence-electron chi connectivity index (χ0n) is 25.6. The largest absolute Gasteiger partial charge is 0.497 e. The number of benzene rings is 3. The van der Waals surface area contributed by atoms with Gasteiger partial charge in [-0.05, 0) is 54.1 Å². The van der Waals surface area contributed by atoms with Gasteiger partial charge in [0, 0.05) is 56.2 Å². The number of nitrogens with zero attached hydrogens (tertiary/aromatic N) is 2. The van der Waals surface area contributed by atoms with Gasteiger partial charge in [0.05, 0.1) is 20.8 Å². The van der Waals surface area contributed by atoms with Gasteiger partial charge in [-0.1, -0.05) is 30.3 Å². The van der Waals surface area contributed by atoms with Crippen LogP contribution in [-0.2, 0) is 25.6 Å². The normalized spacial score (nSPS) is 11.2. The van der Waals surface area contributed by atoms with E-state index < -0.39 is 6.04 Å². The number of thioether (sulfide) groups is 1. The lowest BCUT2D eigenvalue weighted by Crippen LogP contribution is -2.48. The Morgan fingerprint density at radius 1 is 0.727 bits per heavy atom. The van der Waals surface area contributed by atoms with Crippen molar-refractivity contribution in [2.75, 3.05) is 56.2 Å². The Bertz CT molecular complexity index is 1370. The highest BCUT2D eigenvalue weighted by atomic mass is 32.2. The van der Waals surface area contributed by atoms with Crippen LogP contribution in [0.4, 0.5) is 11.4 Å². The average Bonchev–Trinajstić information content (AvgIpc) is 3.06. The third kappa shape index (κ3) is 10.6. The van der Waals surface area contributed by atoms with Crippen molar-refractivity contribution in [3.05, 3.63) is 84.4 Å². The van der Waals surface area contributed by atoms with Crippen LogP contribution in [0.15, 0.2) is 78.9 Å². The summed E-state index contributed by atoms with van der Waals surface area (Å²) in [4.78, 5) is 54.0. The van der Waals surface area contributed by atoms with Gasteiger partial charge in [0.1, 0.15) is 17.5 Å². The Labute approximate surface area is 263 Å². The molecule has 0 radical (unpaired) electrons. The number of carbonyl (C=O) groups excluding carboxylic acids is 4. The van der Waals surface area contributed by atoms with Crippen LogP contribution in [0.25, 0.3) is 0 Å². The molecule has 0 saturated heterocycles. The van der Waals surface area contributed by atoms with E-state index in [0.717, 1.165) is 5.56 Å². The average molecular weight is 621 g/mol. The van der Waals surface area contributed by atoms with Crippen LogP contribution in [0, 0.1) is 0 Å². The summed E-state index contributed by atoms with van der Waals surface area (Å²) in [6.45, 7) is -0.115. The Morgan fingerprint density at radius 2 is 1.25 bits per heavy atom. The van der Waals surface area contributed by atoms with Crippen LogP contribution < -0.4 is 29.9 Å². The predicted octanol–water partition coefficient (Wildman–Crippen LogP) is 3.69. The van der Waals surface area contributed by atoms with E-state index in [1.54, 1.807) is 76.8 Å². The van der Waals surface area contributed by atoms with E-state index in [9.17, 15) is 19.2 Å². The molecule has 3 aromatic rings. The number of carbonyl (C=O) groups is 4. The summed E-state index contributed by atoms with van der Waals surface area (Å²) in [5.41, 5.74) is 2.31.